The predicted molar refractivity (Wildman–Crippen MR) is 127 cm³/mol. The van der Waals surface area contributed by atoms with E-state index in [1.165, 1.54) is 12.1 Å². The molecule has 6 aromatic rings. The molecule has 6 rings (SSSR count). The smallest absolute Gasteiger partial charge is 0.194 e. The first-order valence-corrected chi connectivity index (χ1v) is 12.2. The van der Waals surface area contributed by atoms with Gasteiger partial charge in [-0.15, -0.1) is 0 Å². The van der Waals surface area contributed by atoms with Gasteiger partial charge in [-0.25, -0.2) is 0 Å². The van der Waals surface area contributed by atoms with Crippen molar-refractivity contribution in [1.29, 1.82) is 0 Å². The molecule has 45 heavy (non-hydrogen) atoms. The molecule has 0 nitrogen and oxygen atoms in total. The zero-order valence-corrected chi connectivity index (χ0v) is 21.1. The highest BCUT2D eigenvalue weighted by Gasteiger charge is 2.95. The van der Waals surface area contributed by atoms with E-state index >= 15 is 17.6 Å². The van der Waals surface area contributed by atoms with Gasteiger partial charge in [0.2, 0.25) is 0 Å². The summed E-state index contributed by atoms with van der Waals surface area (Å²) in [6.45, 7) is 0. The molecule has 0 saturated heterocycles. The lowest BCUT2D eigenvalue weighted by atomic mass is 9.85. The Labute approximate surface area is 237 Å². The van der Waals surface area contributed by atoms with Crippen molar-refractivity contribution in [2.45, 2.75) is 47.6 Å². The molecule has 0 unspecified atom stereocenters. The third-order valence-electron chi connectivity index (χ3n) is 8.08. The first kappa shape index (κ1) is 31.2. The van der Waals surface area contributed by atoms with E-state index in [9.17, 15) is 57.1 Å². The first-order valence-electron chi connectivity index (χ1n) is 12.2. The summed E-state index contributed by atoms with van der Waals surface area (Å²) in [5.74, 6) is -56.9. The van der Waals surface area contributed by atoms with Crippen LogP contribution in [-0.4, -0.2) is 41.7 Å². The van der Waals surface area contributed by atoms with E-state index in [1.54, 1.807) is 18.2 Å². The third-order valence-corrected chi connectivity index (χ3v) is 8.08. The van der Waals surface area contributed by atoms with Gasteiger partial charge in [-0.05, 0) is 59.9 Å². The van der Waals surface area contributed by atoms with Crippen LogP contribution in [0.4, 0.5) is 74.6 Å². The fourth-order valence-corrected chi connectivity index (χ4v) is 5.76. The van der Waals surface area contributed by atoms with Crippen LogP contribution in [0.15, 0.2) is 54.6 Å². The van der Waals surface area contributed by atoms with E-state index in [0.717, 1.165) is 12.1 Å². The minimum atomic E-state index is -8.68. The summed E-state index contributed by atoms with van der Waals surface area (Å²) in [6, 6.07) is 10.6. The van der Waals surface area contributed by atoms with Crippen LogP contribution in [0, 0.1) is 0 Å². The average molecular weight is 668 g/mol. The molecule has 0 spiro atoms. The van der Waals surface area contributed by atoms with Crippen molar-refractivity contribution < 1.29 is 74.6 Å². The molecule has 0 aliphatic heterocycles. The monoisotopic (exact) mass is 668 g/mol. The molecule has 240 valence electrons. The van der Waals surface area contributed by atoms with Crippen LogP contribution in [0.25, 0.3) is 53.9 Å². The topological polar surface area (TPSA) is 0 Å². The second-order valence-corrected chi connectivity index (χ2v) is 10.5. The fourth-order valence-electron chi connectivity index (χ4n) is 5.76. The van der Waals surface area contributed by atoms with Crippen molar-refractivity contribution in [3.63, 3.8) is 0 Å². The molecular formula is C28H9F17. The van der Waals surface area contributed by atoms with E-state index in [4.69, 9.17) is 0 Å². The lowest BCUT2D eigenvalue weighted by Crippen LogP contribution is -2.74. The molecule has 0 radical (unpaired) electrons. The molecule has 0 atom stereocenters. The summed E-state index contributed by atoms with van der Waals surface area (Å²) >= 11 is 0. The van der Waals surface area contributed by atoms with Gasteiger partial charge in [0.15, 0.2) is 0 Å². The molecule has 0 fully saturated rings. The Morgan fingerprint density at radius 3 is 1.04 bits per heavy atom. The minimum Gasteiger partial charge on any atom is -0.194 e. The largest absolute Gasteiger partial charge is 0.460 e. The van der Waals surface area contributed by atoms with Gasteiger partial charge >= 0.3 is 47.6 Å². The lowest BCUT2D eigenvalue weighted by molar-refractivity contribution is -0.462. The Hall–Kier alpha value is -3.79. The minimum absolute atomic E-state index is 0.139. The SMILES string of the molecule is FC(F)(F)C(F)(F)C(F)(F)C(F)(F)C(F)(F)C(F)(F)C(F)(F)C(F)(F)c1cc2ccc3ccc4ccc5ccc1c1c5c4c3c21. The second-order valence-electron chi connectivity index (χ2n) is 10.5. The Bertz CT molecular complexity index is 2050. The van der Waals surface area contributed by atoms with Gasteiger partial charge < -0.3 is 0 Å². The quantitative estimate of drug-likeness (QED) is 0.117. The van der Waals surface area contributed by atoms with E-state index < -0.39 is 58.6 Å². The van der Waals surface area contributed by atoms with Crippen LogP contribution < -0.4 is 0 Å². The maximum absolute atomic E-state index is 15.6. The number of rotatable bonds is 7. The van der Waals surface area contributed by atoms with Crippen LogP contribution in [0.2, 0.25) is 0 Å². The van der Waals surface area contributed by atoms with Crippen LogP contribution in [0.1, 0.15) is 5.56 Å². The normalized spacial score (nSPS) is 15.7. The van der Waals surface area contributed by atoms with Crippen molar-refractivity contribution in [3.8, 4) is 0 Å². The van der Waals surface area contributed by atoms with E-state index in [0.29, 0.717) is 33.0 Å². The van der Waals surface area contributed by atoms with E-state index in [-0.39, 0.29) is 27.6 Å². The average Bonchev–Trinajstić information content (AvgIpc) is 3.30. The Kier molecular flexibility index (Phi) is 5.77. The Morgan fingerprint density at radius 1 is 0.311 bits per heavy atom. The molecule has 0 bridgehead atoms. The van der Waals surface area contributed by atoms with Crippen molar-refractivity contribution in [2.24, 2.45) is 0 Å². The van der Waals surface area contributed by atoms with Crippen LogP contribution >= 0.6 is 0 Å². The van der Waals surface area contributed by atoms with Crippen molar-refractivity contribution in [1.82, 2.24) is 0 Å². The van der Waals surface area contributed by atoms with E-state index in [1.807, 2.05) is 0 Å². The molecular weight excluding hydrogens is 659 g/mol. The van der Waals surface area contributed by atoms with Crippen molar-refractivity contribution >= 4 is 53.9 Å². The number of benzene rings is 5. The molecule has 0 aromatic heterocycles. The zero-order chi connectivity index (χ0) is 33.7. The van der Waals surface area contributed by atoms with Gasteiger partial charge in [0, 0.05) is 5.56 Å². The molecule has 0 N–H and O–H groups in total. The van der Waals surface area contributed by atoms with E-state index in [2.05, 4.69) is 0 Å². The molecule has 0 heterocycles. The Morgan fingerprint density at radius 2 is 0.622 bits per heavy atom. The molecule has 0 saturated carbocycles. The van der Waals surface area contributed by atoms with Gasteiger partial charge in [-0.3, -0.25) is 0 Å². The number of hydrogen-bond acceptors (Lipinski definition) is 0. The maximum atomic E-state index is 15.6. The molecule has 17 heteroatoms. The molecule has 0 aliphatic carbocycles. The van der Waals surface area contributed by atoms with Gasteiger partial charge in [-0.1, -0.05) is 48.5 Å². The lowest BCUT2D eigenvalue weighted by Gasteiger charge is -2.43. The van der Waals surface area contributed by atoms with Crippen molar-refractivity contribution in [2.75, 3.05) is 0 Å². The van der Waals surface area contributed by atoms with Gasteiger partial charge in [0.25, 0.3) is 0 Å². The summed E-state index contributed by atoms with van der Waals surface area (Å²) in [5, 5.41) is 0.844. The highest BCUT2D eigenvalue weighted by Crippen LogP contribution is 2.65. The highest BCUT2D eigenvalue weighted by molar-refractivity contribution is 6.44. The fraction of sp³-hybridized carbons (Fsp3) is 0.286. The van der Waals surface area contributed by atoms with Gasteiger partial charge in [0.1, 0.15) is 0 Å². The van der Waals surface area contributed by atoms with Crippen molar-refractivity contribution in [3.05, 3.63) is 60.2 Å². The summed E-state index contributed by atoms with van der Waals surface area (Å²) in [4.78, 5) is 0. The summed E-state index contributed by atoms with van der Waals surface area (Å²) in [7, 11) is 0. The summed E-state index contributed by atoms with van der Waals surface area (Å²) in [6.07, 6.45) is -7.80. The van der Waals surface area contributed by atoms with Gasteiger partial charge in [-0.2, -0.15) is 74.6 Å². The third kappa shape index (κ3) is 3.31. The summed E-state index contributed by atoms with van der Waals surface area (Å²) in [5.41, 5.74) is -2.17. The van der Waals surface area contributed by atoms with Gasteiger partial charge in [0.05, 0.1) is 0 Å². The number of alkyl halides is 17. The summed E-state index contributed by atoms with van der Waals surface area (Å²) < 4.78 is 238. The molecule has 6 aromatic carbocycles. The molecule has 0 aliphatic rings. The number of hydrogen-bond donors (Lipinski definition) is 0. The molecule has 0 amide bonds. The van der Waals surface area contributed by atoms with Crippen LogP contribution in [0.3, 0.4) is 0 Å². The van der Waals surface area contributed by atoms with Crippen LogP contribution in [-0.2, 0) is 5.92 Å². The predicted octanol–water partition coefficient (Wildman–Crippen LogP) is 11.2. The standard InChI is InChI=1S/C28H9F17/c29-21(30,22(31,32)23(33,34)24(35,36)25(37,38)26(39,40)27(41,42)28(43,44)45)15-9-13-6-5-11-2-1-10-3-4-12-7-8-14(15)20-18(12)16(10)17(11)19(13)20/h1-9H. The number of halogens is 17. The van der Waals surface area contributed by atoms with Crippen LogP contribution in [0.5, 0.6) is 0 Å². The second kappa shape index (κ2) is 8.32. The first-order chi connectivity index (χ1) is 20.3. The zero-order valence-electron chi connectivity index (χ0n) is 21.1. The Balaban J connectivity index is 1.58. The maximum Gasteiger partial charge on any atom is 0.460 e. The highest BCUT2D eigenvalue weighted by atomic mass is 19.4.